The van der Waals surface area contributed by atoms with E-state index in [1.165, 1.54) is 4.90 Å². The van der Waals surface area contributed by atoms with E-state index in [-0.39, 0.29) is 18.5 Å². The number of rotatable bonds is 5. The molecule has 1 aromatic carbocycles. The highest BCUT2D eigenvalue weighted by molar-refractivity contribution is 5.59. The Hall–Kier alpha value is -2.82. The number of benzene rings is 1. The lowest BCUT2D eigenvalue weighted by atomic mass is 10.2. The van der Waals surface area contributed by atoms with Crippen molar-refractivity contribution in [3.05, 3.63) is 41.6 Å². The lowest BCUT2D eigenvalue weighted by Gasteiger charge is -2.20. The Kier molecular flexibility index (Phi) is 5.47. The van der Waals surface area contributed by atoms with Crippen LogP contribution in [0, 0.1) is 17.2 Å². The van der Waals surface area contributed by atoms with Crippen molar-refractivity contribution in [1.82, 2.24) is 9.97 Å². The Balaban J connectivity index is 2.41. The van der Waals surface area contributed by atoms with Crippen LogP contribution in [0.4, 0.5) is 24.8 Å². The summed E-state index contributed by atoms with van der Waals surface area (Å²) in [6.45, 7) is 3.76. The summed E-state index contributed by atoms with van der Waals surface area (Å²) < 4.78 is 44.6. The molecule has 5 nitrogen and oxygen atoms in total. The number of hydrogen-bond acceptors (Lipinski definition) is 5. The fourth-order valence-electron chi connectivity index (χ4n) is 1.97. The van der Waals surface area contributed by atoms with Crippen molar-refractivity contribution in [1.29, 1.82) is 5.26 Å². The molecule has 2 rings (SSSR count). The minimum Gasteiger partial charge on any atom is -0.477 e. The first-order valence-electron chi connectivity index (χ1n) is 7.53. The Morgan fingerprint density at radius 3 is 2.64 bits per heavy atom. The maximum atomic E-state index is 13.1. The number of hydrogen-bond donors (Lipinski definition) is 0. The summed E-state index contributed by atoms with van der Waals surface area (Å²) in [5.41, 5.74) is -0.0164. The Morgan fingerprint density at radius 1 is 1.32 bits per heavy atom. The molecule has 0 amide bonds. The summed E-state index contributed by atoms with van der Waals surface area (Å²) in [6.07, 6.45) is -3.90. The Morgan fingerprint density at radius 2 is 2.04 bits per heavy atom. The van der Waals surface area contributed by atoms with Crippen LogP contribution in [-0.4, -0.2) is 23.6 Å². The largest absolute Gasteiger partial charge is 0.477 e. The molecule has 25 heavy (non-hydrogen) atoms. The van der Waals surface area contributed by atoms with Crippen molar-refractivity contribution in [2.45, 2.75) is 20.0 Å². The summed E-state index contributed by atoms with van der Waals surface area (Å²) >= 11 is 0. The maximum Gasteiger partial charge on any atom is 0.423 e. The van der Waals surface area contributed by atoms with Gasteiger partial charge in [-0.3, -0.25) is 0 Å². The highest BCUT2D eigenvalue weighted by Crippen LogP contribution is 2.36. The van der Waals surface area contributed by atoms with Crippen LogP contribution in [0.3, 0.4) is 0 Å². The predicted molar refractivity (Wildman–Crippen MR) is 86.6 cm³/mol. The molecule has 0 N–H and O–H groups in total. The molecule has 0 aliphatic carbocycles. The van der Waals surface area contributed by atoms with E-state index in [1.807, 2.05) is 19.9 Å². The lowest BCUT2D eigenvalue weighted by Crippen LogP contribution is -2.18. The standard InChI is InChI=1S/C17H17F3N4O/c1-11(2)10-25-15-14(17(18,19)20)9-22-16(23-15)24(3)13-6-4-5-12(7-13)8-21/h4-7,9,11H,10H2,1-3H3. The van der Waals surface area contributed by atoms with Crippen LogP contribution in [0.5, 0.6) is 5.88 Å². The molecule has 2 aromatic rings. The third kappa shape index (κ3) is 4.59. The summed E-state index contributed by atoms with van der Waals surface area (Å²) in [4.78, 5) is 9.22. The van der Waals surface area contributed by atoms with Gasteiger partial charge in [-0.15, -0.1) is 0 Å². The predicted octanol–water partition coefficient (Wildman–Crippen LogP) is 4.17. The van der Waals surface area contributed by atoms with Gasteiger partial charge >= 0.3 is 6.18 Å². The second-order valence-corrected chi connectivity index (χ2v) is 5.81. The molecule has 0 saturated heterocycles. The molecular formula is C17H17F3N4O. The van der Waals surface area contributed by atoms with Gasteiger partial charge in [0.05, 0.1) is 18.2 Å². The number of ether oxygens (including phenoxy) is 1. The van der Waals surface area contributed by atoms with E-state index >= 15 is 0 Å². The third-order valence-corrected chi connectivity index (χ3v) is 3.26. The van der Waals surface area contributed by atoms with E-state index in [0.717, 1.165) is 0 Å². The summed E-state index contributed by atoms with van der Waals surface area (Å²) in [7, 11) is 1.60. The number of aromatic nitrogens is 2. The van der Waals surface area contributed by atoms with E-state index in [2.05, 4.69) is 9.97 Å². The average Bonchev–Trinajstić information content (AvgIpc) is 2.58. The molecule has 0 saturated carbocycles. The molecule has 0 unspecified atom stereocenters. The van der Waals surface area contributed by atoms with Crippen molar-refractivity contribution in [2.24, 2.45) is 5.92 Å². The number of nitrogens with zero attached hydrogens (tertiary/aromatic N) is 4. The first-order chi connectivity index (χ1) is 11.7. The van der Waals surface area contributed by atoms with Gasteiger partial charge in [0.1, 0.15) is 5.56 Å². The normalized spacial score (nSPS) is 11.3. The van der Waals surface area contributed by atoms with Gasteiger partial charge in [-0.25, -0.2) is 4.98 Å². The zero-order chi connectivity index (χ0) is 18.6. The van der Waals surface area contributed by atoms with E-state index in [1.54, 1.807) is 31.3 Å². The van der Waals surface area contributed by atoms with Crippen LogP contribution >= 0.6 is 0 Å². The van der Waals surface area contributed by atoms with Crippen LogP contribution in [0.2, 0.25) is 0 Å². The highest BCUT2D eigenvalue weighted by Gasteiger charge is 2.36. The first kappa shape index (κ1) is 18.5. The summed E-state index contributed by atoms with van der Waals surface area (Å²) in [5, 5.41) is 8.96. The van der Waals surface area contributed by atoms with Crippen LogP contribution in [0.15, 0.2) is 30.5 Å². The molecule has 132 valence electrons. The first-order valence-corrected chi connectivity index (χ1v) is 7.53. The minimum atomic E-state index is -4.61. The van der Waals surface area contributed by atoms with Gasteiger partial charge in [-0.05, 0) is 24.1 Å². The van der Waals surface area contributed by atoms with Gasteiger partial charge in [0.25, 0.3) is 0 Å². The third-order valence-electron chi connectivity index (χ3n) is 3.26. The Labute approximate surface area is 143 Å². The lowest BCUT2D eigenvalue weighted by molar-refractivity contribution is -0.139. The molecule has 0 aliphatic heterocycles. The minimum absolute atomic E-state index is 0.0434. The molecule has 0 spiro atoms. The molecule has 0 atom stereocenters. The van der Waals surface area contributed by atoms with Crippen molar-refractivity contribution >= 4 is 11.6 Å². The van der Waals surface area contributed by atoms with Gasteiger partial charge in [-0.1, -0.05) is 19.9 Å². The molecular weight excluding hydrogens is 333 g/mol. The topological polar surface area (TPSA) is 62.0 Å². The molecule has 8 heteroatoms. The fraction of sp³-hybridized carbons (Fsp3) is 0.353. The van der Waals surface area contributed by atoms with Crippen LogP contribution in [0.25, 0.3) is 0 Å². The molecule has 0 fully saturated rings. The smallest absolute Gasteiger partial charge is 0.423 e. The number of anilines is 2. The summed E-state index contributed by atoms with van der Waals surface area (Å²) in [6, 6.07) is 8.60. The van der Waals surface area contributed by atoms with Gasteiger partial charge in [0.15, 0.2) is 0 Å². The molecule has 1 heterocycles. The molecule has 0 radical (unpaired) electrons. The van der Waals surface area contributed by atoms with Crippen LogP contribution in [0.1, 0.15) is 25.0 Å². The number of halogens is 3. The quantitative estimate of drug-likeness (QED) is 0.810. The molecule has 0 aliphatic rings. The van der Waals surface area contributed by atoms with Gasteiger partial charge in [0.2, 0.25) is 11.8 Å². The monoisotopic (exact) mass is 350 g/mol. The zero-order valence-corrected chi connectivity index (χ0v) is 14.0. The van der Waals surface area contributed by atoms with Crippen molar-refractivity contribution in [2.75, 3.05) is 18.6 Å². The van der Waals surface area contributed by atoms with Gasteiger partial charge in [-0.2, -0.15) is 23.4 Å². The van der Waals surface area contributed by atoms with Crippen LogP contribution in [-0.2, 0) is 6.18 Å². The second-order valence-electron chi connectivity index (χ2n) is 5.81. The van der Waals surface area contributed by atoms with E-state index in [4.69, 9.17) is 10.00 Å². The second kappa shape index (κ2) is 7.38. The van der Waals surface area contributed by atoms with Crippen molar-refractivity contribution in [3.8, 4) is 11.9 Å². The zero-order valence-electron chi connectivity index (χ0n) is 14.0. The van der Waals surface area contributed by atoms with Crippen LogP contribution < -0.4 is 9.64 Å². The number of alkyl halides is 3. The van der Waals surface area contributed by atoms with E-state index < -0.39 is 17.6 Å². The highest BCUT2D eigenvalue weighted by atomic mass is 19.4. The summed E-state index contributed by atoms with van der Waals surface area (Å²) in [5.74, 6) is -0.416. The average molecular weight is 350 g/mol. The Bertz CT molecular complexity index is 784. The van der Waals surface area contributed by atoms with E-state index in [0.29, 0.717) is 17.4 Å². The maximum absolute atomic E-state index is 13.1. The van der Waals surface area contributed by atoms with Crippen molar-refractivity contribution in [3.63, 3.8) is 0 Å². The van der Waals surface area contributed by atoms with E-state index in [9.17, 15) is 13.2 Å². The fourth-order valence-corrected chi connectivity index (χ4v) is 1.97. The molecule has 1 aromatic heterocycles. The van der Waals surface area contributed by atoms with Gasteiger partial charge < -0.3 is 9.64 Å². The molecule has 0 bridgehead atoms. The van der Waals surface area contributed by atoms with Gasteiger partial charge in [0, 0.05) is 18.9 Å². The number of nitriles is 1. The van der Waals surface area contributed by atoms with Crippen molar-refractivity contribution < 1.29 is 17.9 Å². The SMILES string of the molecule is CC(C)COc1nc(N(C)c2cccc(C#N)c2)ncc1C(F)(F)F.